The molecule has 2 N–H and O–H groups in total. The van der Waals surface area contributed by atoms with Gasteiger partial charge in [-0.15, -0.1) is 11.8 Å². The van der Waals surface area contributed by atoms with Gasteiger partial charge in [-0.1, -0.05) is 19.1 Å². The molecule has 0 aliphatic rings. The van der Waals surface area contributed by atoms with E-state index in [0.29, 0.717) is 6.54 Å². The van der Waals surface area contributed by atoms with Crippen molar-refractivity contribution in [1.29, 1.82) is 0 Å². The normalized spacial score (nSPS) is 11.1. The van der Waals surface area contributed by atoms with Crippen LogP contribution in [0.1, 0.15) is 33.3 Å². The highest BCUT2D eigenvalue weighted by atomic mass is 32.2. The third-order valence-corrected chi connectivity index (χ3v) is 3.07. The summed E-state index contributed by atoms with van der Waals surface area (Å²) in [5.74, 6) is 1.07. The third kappa shape index (κ3) is 5.96. The van der Waals surface area contributed by atoms with E-state index in [0.717, 1.165) is 11.3 Å². The first kappa shape index (κ1) is 14.9. The maximum atomic E-state index is 11.6. The van der Waals surface area contributed by atoms with Crippen LogP contribution in [0.2, 0.25) is 0 Å². The van der Waals surface area contributed by atoms with Crippen LogP contribution in [0.15, 0.2) is 29.2 Å². The topological polar surface area (TPSA) is 41.1 Å². The Morgan fingerprint density at radius 3 is 2.33 bits per heavy atom. The largest absolute Gasteiger partial charge is 0.334 e. The van der Waals surface area contributed by atoms with E-state index in [-0.39, 0.29) is 11.6 Å². The quantitative estimate of drug-likeness (QED) is 0.820. The van der Waals surface area contributed by atoms with Gasteiger partial charge in [0.25, 0.3) is 0 Å². The zero-order valence-corrected chi connectivity index (χ0v) is 12.4. The molecule has 1 rings (SSSR count). The highest BCUT2D eigenvalue weighted by Crippen LogP contribution is 2.17. The van der Waals surface area contributed by atoms with Crippen molar-refractivity contribution in [3.63, 3.8) is 0 Å². The molecule has 0 spiro atoms. The molecule has 100 valence electrons. The minimum atomic E-state index is -0.203. The molecule has 0 bridgehead atoms. The first-order valence-electron chi connectivity index (χ1n) is 6.18. The molecule has 0 fully saturated rings. The minimum absolute atomic E-state index is 0.130. The number of rotatable bonds is 4. The van der Waals surface area contributed by atoms with Crippen molar-refractivity contribution in [3.05, 3.63) is 29.8 Å². The third-order valence-electron chi connectivity index (χ3n) is 2.18. The Kier molecular flexibility index (Phi) is 5.54. The summed E-state index contributed by atoms with van der Waals surface area (Å²) in [4.78, 5) is 12.8. The number of carbonyl (C=O) groups is 1. The number of nitrogens with one attached hydrogen (secondary N) is 2. The maximum absolute atomic E-state index is 11.6. The summed E-state index contributed by atoms with van der Waals surface area (Å²) >= 11 is 1.82. The molecule has 2 amide bonds. The summed E-state index contributed by atoms with van der Waals surface area (Å²) in [6.07, 6.45) is 0. The molecular formula is C14H22N2OS. The summed E-state index contributed by atoms with van der Waals surface area (Å²) in [6.45, 7) is 8.58. The zero-order chi connectivity index (χ0) is 13.6. The van der Waals surface area contributed by atoms with Crippen LogP contribution in [-0.4, -0.2) is 17.3 Å². The molecule has 4 heteroatoms. The number of thioether (sulfide) groups is 1. The Labute approximate surface area is 114 Å². The molecule has 0 aliphatic heterocycles. The zero-order valence-electron chi connectivity index (χ0n) is 11.5. The second kappa shape index (κ2) is 6.69. The van der Waals surface area contributed by atoms with E-state index in [2.05, 4.69) is 41.8 Å². The lowest BCUT2D eigenvalue weighted by molar-refractivity contribution is 0.231. The number of benzene rings is 1. The number of hydrogen-bond acceptors (Lipinski definition) is 2. The highest BCUT2D eigenvalue weighted by molar-refractivity contribution is 7.99. The van der Waals surface area contributed by atoms with Gasteiger partial charge in [0, 0.05) is 17.0 Å². The Hall–Kier alpha value is -1.16. The van der Waals surface area contributed by atoms with E-state index in [4.69, 9.17) is 0 Å². The summed E-state index contributed by atoms with van der Waals surface area (Å²) in [5.41, 5.74) is 0.908. The number of amides is 2. The number of urea groups is 1. The van der Waals surface area contributed by atoms with Gasteiger partial charge in [0.05, 0.1) is 0 Å². The first-order chi connectivity index (χ1) is 8.40. The van der Waals surface area contributed by atoms with E-state index >= 15 is 0 Å². The molecule has 0 saturated carbocycles. The molecule has 0 atom stereocenters. The Bertz CT molecular complexity index is 382. The molecule has 0 aliphatic carbocycles. The molecule has 1 aromatic rings. The smallest absolute Gasteiger partial charge is 0.315 e. The van der Waals surface area contributed by atoms with Crippen molar-refractivity contribution in [2.45, 2.75) is 44.7 Å². The number of carbonyl (C=O) groups excluding carboxylic acids is 1. The summed E-state index contributed by atoms with van der Waals surface area (Å²) in [6, 6.07) is 8.15. The Morgan fingerprint density at radius 2 is 1.83 bits per heavy atom. The van der Waals surface area contributed by atoms with E-state index < -0.39 is 0 Å². The van der Waals surface area contributed by atoms with Crippen molar-refractivity contribution in [1.82, 2.24) is 10.6 Å². The van der Waals surface area contributed by atoms with E-state index in [9.17, 15) is 4.79 Å². The van der Waals surface area contributed by atoms with Crippen LogP contribution in [0.4, 0.5) is 4.79 Å². The van der Waals surface area contributed by atoms with Gasteiger partial charge in [0.2, 0.25) is 0 Å². The van der Waals surface area contributed by atoms with Gasteiger partial charge in [-0.3, -0.25) is 0 Å². The van der Waals surface area contributed by atoms with Crippen LogP contribution in [0, 0.1) is 0 Å². The molecule has 18 heavy (non-hydrogen) atoms. The second-order valence-electron chi connectivity index (χ2n) is 5.13. The Balaban J connectivity index is 2.41. The van der Waals surface area contributed by atoms with Crippen LogP contribution < -0.4 is 10.6 Å². The average Bonchev–Trinajstić information content (AvgIpc) is 2.26. The lowest BCUT2D eigenvalue weighted by Crippen LogP contribution is -2.46. The Morgan fingerprint density at radius 1 is 1.22 bits per heavy atom. The van der Waals surface area contributed by atoms with Crippen molar-refractivity contribution in [3.8, 4) is 0 Å². The molecule has 3 nitrogen and oxygen atoms in total. The lowest BCUT2D eigenvalue weighted by Gasteiger charge is -2.20. The van der Waals surface area contributed by atoms with Gasteiger partial charge in [0.1, 0.15) is 0 Å². The van der Waals surface area contributed by atoms with E-state index in [1.54, 1.807) is 0 Å². The van der Waals surface area contributed by atoms with Gasteiger partial charge >= 0.3 is 6.03 Å². The standard InChI is InChI=1S/C14H22N2OS/c1-5-18-12-8-6-11(7-9-12)10-15-13(17)16-14(2,3)4/h6-9H,5,10H2,1-4H3,(H2,15,16,17). The molecule has 0 radical (unpaired) electrons. The van der Waals surface area contributed by atoms with Gasteiger partial charge < -0.3 is 10.6 Å². The van der Waals surface area contributed by atoms with Crippen LogP contribution in [0.3, 0.4) is 0 Å². The van der Waals surface area contributed by atoms with Crippen molar-refractivity contribution in [2.75, 3.05) is 5.75 Å². The van der Waals surface area contributed by atoms with Crippen molar-refractivity contribution in [2.24, 2.45) is 0 Å². The van der Waals surface area contributed by atoms with Crippen LogP contribution in [0.25, 0.3) is 0 Å². The molecule has 0 saturated heterocycles. The summed E-state index contributed by atoms with van der Waals surface area (Å²) in [7, 11) is 0. The fourth-order valence-electron chi connectivity index (χ4n) is 1.44. The average molecular weight is 266 g/mol. The lowest BCUT2D eigenvalue weighted by atomic mass is 10.1. The predicted molar refractivity (Wildman–Crippen MR) is 78.0 cm³/mol. The van der Waals surface area contributed by atoms with Gasteiger partial charge in [-0.05, 0) is 44.2 Å². The van der Waals surface area contributed by atoms with Gasteiger partial charge in [-0.2, -0.15) is 0 Å². The first-order valence-corrected chi connectivity index (χ1v) is 7.17. The molecule has 0 aromatic heterocycles. The van der Waals surface area contributed by atoms with Crippen LogP contribution >= 0.6 is 11.8 Å². The van der Waals surface area contributed by atoms with Crippen molar-refractivity contribution < 1.29 is 4.79 Å². The summed E-state index contributed by atoms with van der Waals surface area (Å²) in [5, 5.41) is 5.72. The number of hydrogen-bond donors (Lipinski definition) is 2. The predicted octanol–water partition coefficient (Wildman–Crippen LogP) is 3.40. The monoisotopic (exact) mass is 266 g/mol. The van der Waals surface area contributed by atoms with E-state index in [1.165, 1.54) is 4.90 Å². The maximum Gasteiger partial charge on any atom is 0.315 e. The fraction of sp³-hybridized carbons (Fsp3) is 0.500. The molecule has 0 heterocycles. The summed E-state index contributed by atoms with van der Waals surface area (Å²) < 4.78 is 0. The second-order valence-corrected chi connectivity index (χ2v) is 6.47. The highest BCUT2D eigenvalue weighted by Gasteiger charge is 2.12. The fourth-order valence-corrected chi connectivity index (χ4v) is 2.10. The van der Waals surface area contributed by atoms with Gasteiger partial charge in [-0.25, -0.2) is 4.79 Å². The minimum Gasteiger partial charge on any atom is -0.334 e. The molecular weight excluding hydrogens is 244 g/mol. The SMILES string of the molecule is CCSc1ccc(CNC(=O)NC(C)(C)C)cc1. The van der Waals surface area contributed by atoms with Crippen molar-refractivity contribution >= 4 is 17.8 Å². The van der Waals surface area contributed by atoms with Crippen LogP contribution in [-0.2, 0) is 6.54 Å². The molecule has 1 aromatic carbocycles. The molecule has 0 unspecified atom stereocenters. The van der Waals surface area contributed by atoms with Gasteiger partial charge in [0.15, 0.2) is 0 Å². The van der Waals surface area contributed by atoms with Crippen LogP contribution in [0.5, 0.6) is 0 Å². The van der Waals surface area contributed by atoms with E-state index in [1.807, 2.05) is 32.5 Å².